The number of rotatable bonds is 2. The fourth-order valence-corrected chi connectivity index (χ4v) is 4.19. The zero-order chi connectivity index (χ0) is 11.9. The van der Waals surface area contributed by atoms with Gasteiger partial charge in [0, 0.05) is 27.8 Å². The van der Waals surface area contributed by atoms with Crippen LogP contribution in [-0.4, -0.2) is 19.3 Å². The van der Waals surface area contributed by atoms with Crippen LogP contribution >= 0.6 is 11.3 Å². The Morgan fingerprint density at radius 1 is 1.47 bits per heavy atom. The van der Waals surface area contributed by atoms with E-state index in [4.69, 9.17) is 15.2 Å². The predicted octanol–water partition coefficient (Wildman–Crippen LogP) is 2.17. The van der Waals surface area contributed by atoms with Gasteiger partial charge in [-0.1, -0.05) is 0 Å². The quantitative estimate of drug-likeness (QED) is 0.878. The van der Waals surface area contributed by atoms with Gasteiger partial charge in [-0.2, -0.15) is 0 Å². The molecule has 0 aromatic carbocycles. The molecule has 1 atom stereocenters. The van der Waals surface area contributed by atoms with Crippen molar-refractivity contribution in [2.75, 3.05) is 13.2 Å². The van der Waals surface area contributed by atoms with Crippen LogP contribution in [0, 0.1) is 0 Å². The molecule has 1 spiro atoms. The Hall–Kier alpha value is -0.420. The van der Waals surface area contributed by atoms with Gasteiger partial charge in [0.25, 0.3) is 0 Å². The highest BCUT2D eigenvalue weighted by Gasteiger charge is 2.43. The molecule has 1 aliphatic carbocycles. The number of thiophene rings is 1. The lowest BCUT2D eigenvalue weighted by Crippen LogP contribution is -2.30. The summed E-state index contributed by atoms with van der Waals surface area (Å²) in [5.41, 5.74) is 7.15. The van der Waals surface area contributed by atoms with E-state index < -0.39 is 5.79 Å². The molecule has 17 heavy (non-hydrogen) atoms. The molecule has 1 aliphatic heterocycles. The van der Waals surface area contributed by atoms with Crippen LogP contribution in [0.4, 0.5) is 0 Å². The maximum atomic E-state index is 5.88. The van der Waals surface area contributed by atoms with Crippen LogP contribution < -0.4 is 5.73 Å². The summed E-state index contributed by atoms with van der Waals surface area (Å²) in [6, 6.07) is 2.48. The van der Waals surface area contributed by atoms with Crippen molar-refractivity contribution in [1.29, 1.82) is 0 Å². The Balaban J connectivity index is 1.94. The first-order valence-electron chi connectivity index (χ1n) is 6.35. The van der Waals surface area contributed by atoms with Crippen molar-refractivity contribution in [2.24, 2.45) is 5.73 Å². The molecule has 1 aromatic rings. The van der Waals surface area contributed by atoms with E-state index in [1.54, 1.807) is 0 Å². The molecule has 2 aliphatic rings. The van der Waals surface area contributed by atoms with E-state index in [0.717, 1.165) is 38.9 Å². The second-order valence-electron chi connectivity index (χ2n) is 5.03. The zero-order valence-electron chi connectivity index (χ0n) is 10.2. The average Bonchev–Trinajstić information content (AvgIpc) is 2.86. The molecule has 1 saturated heterocycles. The van der Waals surface area contributed by atoms with Gasteiger partial charge in [0.2, 0.25) is 0 Å². The first-order valence-corrected chi connectivity index (χ1v) is 7.17. The molecule has 0 saturated carbocycles. The molecule has 1 fully saturated rings. The molecule has 1 aromatic heterocycles. The van der Waals surface area contributed by atoms with E-state index in [0.29, 0.717) is 0 Å². The molecule has 2 heterocycles. The van der Waals surface area contributed by atoms with Gasteiger partial charge in [0.15, 0.2) is 5.79 Å². The number of hydrogen-bond acceptors (Lipinski definition) is 4. The molecule has 1 unspecified atom stereocenters. The van der Waals surface area contributed by atoms with Gasteiger partial charge in [-0.15, -0.1) is 11.3 Å². The number of ether oxygens (including phenoxy) is 2. The Kier molecular flexibility index (Phi) is 2.99. The van der Waals surface area contributed by atoms with Crippen molar-refractivity contribution in [3.8, 4) is 0 Å². The highest BCUT2D eigenvalue weighted by Crippen LogP contribution is 2.45. The van der Waals surface area contributed by atoms with E-state index in [-0.39, 0.29) is 6.04 Å². The summed E-state index contributed by atoms with van der Waals surface area (Å²) in [6.07, 6.45) is 4.26. The lowest BCUT2D eigenvalue weighted by Gasteiger charge is -2.31. The van der Waals surface area contributed by atoms with Gasteiger partial charge in [-0.3, -0.25) is 0 Å². The predicted molar refractivity (Wildman–Crippen MR) is 68.2 cm³/mol. The van der Waals surface area contributed by atoms with Crippen LogP contribution in [0.5, 0.6) is 0 Å². The Labute approximate surface area is 106 Å². The molecule has 0 bridgehead atoms. The molecule has 94 valence electrons. The average molecular weight is 253 g/mol. The van der Waals surface area contributed by atoms with Crippen molar-refractivity contribution in [1.82, 2.24) is 0 Å². The number of hydrogen-bond donors (Lipinski definition) is 1. The minimum absolute atomic E-state index is 0.219. The van der Waals surface area contributed by atoms with Crippen molar-refractivity contribution >= 4 is 11.3 Å². The van der Waals surface area contributed by atoms with Gasteiger partial charge in [0.1, 0.15) is 0 Å². The maximum Gasteiger partial charge on any atom is 0.196 e. The lowest BCUT2D eigenvalue weighted by atomic mass is 9.92. The minimum Gasteiger partial charge on any atom is -0.343 e. The number of fused-ring (bicyclic) bond motifs is 2. The Bertz CT molecular complexity index is 408. The standard InChI is InChI=1S/C13H19NO2S/c1-9(14)7-10-8-11-12(17-10)3-2-4-13(11)15-5-6-16-13/h8-9H,2-7,14H2,1H3. The van der Waals surface area contributed by atoms with Crippen molar-refractivity contribution < 1.29 is 9.47 Å². The van der Waals surface area contributed by atoms with Gasteiger partial charge in [0.05, 0.1) is 13.2 Å². The number of aryl methyl sites for hydroxylation is 1. The molecular formula is C13H19NO2S. The third-order valence-corrected chi connectivity index (χ3v) is 4.67. The molecule has 0 amide bonds. The van der Waals surface area contributed by atoms with E-state index in [1.807, 2.05) is 11.3 Å². The SMILES string of the molecule is CC(N)Cc1cc2c(s1)CCCC21OCCO1. The van der Waals surface area contributed by atoms with Crippen molar-refractivity contribution in [3.63, 3.8) is 0 Å². The summed E-state index contributed by atoms with van der Waals surface area (Å²) < 4.78 is 11.8. The van der Waals surface area contributed by atoms with Crippen LogP contribution in [0.2, 0.25) is 0 Å². The third-order valence-electron chi connectivity index (χ3n) is 3.46. The highest BCUT2D eigenvalue weighted by molar-refractivity contribution is 7.12. The van der Waals surface area contributed by atoms with Gasteiger partial charge < -0.3 is 15.2 Å². The fraction of sp³-hybridized carbons (Fsp3) is 0.692. The zero-order valence-corrected chi connectivity index (χ0v) is 11.0. The molecule has 3 nitrogen and oxygen atoms in total. The first-order chi connectivity index (χ1) is 8.20. The third kappa shape index (κ3) is 2.03. The van der Waals surface area contributed by atoms with Crippen LogP contribution in [0.3, 0.4) is 0 Å². The Morgan fingerprint density at radius 3 is 2.94 bits per heavy atom. The molecule has 3 rings (SSSR count). The largest absolute Gasteiger partial charge is 0.343 e. The van der Waals surface area contributed by atoms with Crippen molar-refractivity contribution in [3.05, 3.63) is 21.4 Å². The smallest absolute Gasteiger partial charge is 0.196 e. The van der Waals surface area contributed by atoms with Crippen LogP contribution in [0.1, 0.15) is 35.1 Å². The summed E-state index contributed by atoms with van der Waals surface area (Å²) in [5, 5.41) is 0. The summed E-state index contributed by atoms with van der Waals surface area (Å²) >= 11 is 1.88. The molecule has 0 radical (unpaired) electrons. The normalized spacial score (nSPS) is 23.9. The van der Waals surface area contributed by atoms with Crippen LogP contribution in [-0.2, 0) is 28.1 Å². The first kappa shape index (κ1) is 11.7. The highest BCUT2D eigenvalue weighted by atomic mass is 32.1. The number of nitrogens with two attached hydrogens (primary N) is 1. The lowest BCUT2D eigenvalue weighted by molar-refractivity contribution is -0.175. The van der Waals surface area contributed by atoms with E-state index >= 15 is 0 Å². The molecule has 2 N–H and O–H groups in total. The van der Waals surface area contributed by atoms with Gasteiger partial charge in [-0.25, -0.2) is 0 Å². The van der Waals surface area contributed by atoms with Gasteiger partial charge in [-0.05, 0) is 32.3 Å². The monoisotopic (exact) mass is 253 g/mol. The topological polar surface area (TPSA) is 44.5 Å². The van der Waals surface area contributed by atoms with Crippen molar-refractivity contribution in [2.45, 2.75) is 44.4 Å². The molecule has 4 heteroatoms. The van der Waals surface area contributed by atoms with Gasteiger partial charge >= 0.3 is 0 Å². The maximum absolute atomic E-state index is 5.88. The second-order valence-corrected chi connectivity index (χ2v) is 6.26. The van der Waals surface area contributed by atoms with E-state index in [9.17, 15) is 0 Å². The van der Waals surface area contributed by atoms with Crippen LogP contribution in [0.25, 0.3) is 0 Å². The summed E-state index contributed by atoms with van der Waals surface area (Å²) in [4.78, 5) is 2.80. The van der Waals surface area contributed by atoms with E-state index in [2.05, 4.69) is 13.0 Å². The summed E-state index contributed by atoms with van der Waals surface area (Å²) in [7, 11) is 0. The second kappa shape index (κ2) is 4.35. The summed E-state index contributed by atoms with van der Waals surface area (Å²) in [6.45, 7) is 3.49. The Morgan fingerprint density at radius 2 is 2.24 bits per heavy atom. The molecular weight excluding hydrogens is 234 g/mol. The summed E-state index contributed by atoms with van der Waals surface area (Å²) in [5.74, 6) is -0.416. The fourth-order valence-electron chi connectivity index (χ4n) is 2.78. The van der Waals surface area contributed by atoms with E-state index in [1.165, 1.54) is 15.3 Å². The minimum atomic E-state index is -0.416. The van der Waals surface area contributed by atoms with Crippen LogP contribution in [0.15, 0.2) is 6.07 Å².